The summed E-state index contributed by atoms with van der Waals surface area (Å²) >= 11 is 0. The lowest BCUT2D eigenvalue weighted by Gasteiger charge is -2.28. The number of rotatable bonds is 7. The Morgan fingerprint density at radius 1 is 1.44 bits per heavy atom. The molecule has 0 aliphatic carbocycles. The number of benzene rings is 1. The summed E-state index contributed by atoms with van der Waals surface area (Å²) < 4.78 is 39.6. The molecule has 1 aliphatic rings. The van der Waals surface area contributed by atoms with E-state index in [1.165, 1.54) is 11.1 Å². The van der Waals surface area contributed by atoms with Gasteiger partial charge in [0.2, 0.25) is 0 Å². The van der Waals surface area contributed by atoms with E-state index < -0.39 is 12.1 Å². The molecule has 0 bridgehead atoms. The number of hydrogen-bond acceptors (Lipinski definition) is 5. The maximum atomic E-state index is 10.6. The standard InChI is InChI=1S/C20H24N4O.C2HF3O2/c1-3-9-25-20-7-8-24(15-17-6-4-5-16(10-17)12-21)19(20)11-18-13-22-23(2)14-18;3-2(4,5)1(6)7/h3-6,10,13-14,19-20H,1,7-9,11,15H2,2H3;(H,6,7)/t19-,20+;/m0./s1. The summed E-state index contributed by atoms with van der Waals surface area (Å²) in [5.41, 5.74) is 3.09. The van der Waals surface area contributed by atoms with Gasteiger partial charge in [0, 0.05) is 32.4 Å². The third-order valence-corrected chi connectivity index (χ3v) is 4.91. The van der Waals surface area contributed by atoms with Crippen molar-refractivity contribution in [2.75, 3.05) is 13.2 Å². The number of ether oxygens (including phenoxy) is 1. The van der Waals surface area contributed by atoms with Crippen molar-refractivity contribution in [2.45, 2.75) is 37.7 Å². The molecule has 2 aromatic rings. The maximum absolute atomic E-state index is 10.6. The number of carboxylic acids is 1. The van der Waals surface area contributed by atoms with Gasteiger partial charge in [-0.3, -0.25) is 9.58 Å². The fourth-order valence-corrected chi connectivity index (χ4v) is 3.52. The van der Waals surface area contributed by atoms with E-state index in [2.05, 4.69) is 34.9 Å². The molecule has 1 fully saturated rings. The van der Waals surface area contributed by atoms with Gasteiger partial charge in [0.25, 0.3) is 0 Å². The minimum absolute atomic E-state index is 0.192. The van der Waals surface area contributed by atoms with Crippen LogP contribution in [0.15, 0.2) is 49.3 Å². The van der Waals surface area contributed by atoms with Crippen LogP contribution >= 0.6 is 0 Å². The smallest absolute Gasteiger partial charge is 0.475 e. The molecule has 172 valence electrons. The van der Waals surface area contributed by atoms with Crippen LogP contribution in [0, 0.1) is 11.3 Å². The van der Waals surface area contributed by atoms with E-state index >= 15 is 0 Å². The molecule has 0 amide bonds. The van der Waals surface area contributed by atoms with Crippen LogP contribution in [0.25, 0.3) is 0 Å². The molecule has 1 saturated heterocycles. The second-order valence-electron chi connectivity index (χ2n) is 7.33. The van der Waals surface area contributed by atoms with E-state index in [4.69, 9.17) is 19.9 Å². The monoisotopic (exact) mass is 450 g/mol. The zero-order valence-electron chi connectivity index (χ0n) is 17.6. The van der Waals surface area contributed by atoms with E-state index in [0.29, 0.717) is 18.2 Å². The number of hydrogen-bond donors (Lipinski definition) is 1. The van der Waals surface area contributed by atoms with Crippen LogP contribution in [-0.4, -0.2) is 57.2 Å². The van der Waals surface area contributed by atoms with Gasteiger partial charge in [0.15, 0.2) is 0 Å². The first-order valence-corrected chi connectivity index (χ1v) is 9.87. The van der Waals surface area contributed by atoms with Crippen LogP contribution in [0.5, 0.6) is 0 Å². The van der Waals surface area contributed by atoms with Crippen molar-refractivity contribution >= 4 is 5.97 Å². The molecule has 1 N–H and O–H groups in total. The molecule has 1 aromatic carbocycles. The summed E-state index contributed by atoms with van der Waals surface area (Å²) in [6.45, 7) is 6.15. The molecule has 1 aromatic heterocycles. The number of aromatic nitrogens is 2. The lowest BCUT2D eigenvalue weighted by Crippen LogP contribution is -2.37. The number of nitrogens with zero attached hydrogens (tertiary/aromatic N) is 4. The Morgan fingerprint density at radius 3 is 2.72 bits per heavy atom. The second-order valence-corrected chi connectivity index (χ2v) is 7.33. The van der Waals surface area contributed by atoms with Gasteiger partial charge in [0.1, 0.15) is 0 Å². The molecule has 2 atom stereocenters. The normalized spacial score (nSPS) is 18.5. The Morgan fingerprint density at radius 2 is 2.16 bits per heavy atom. The fraction of sp³-hybridized carbons (Fsp3) is 0.409. The lowest BCUT2D eigenvalue weighted by molar-refractivity contribution is -0.192. The summed E-state index contributed by atoms with van der Waals surface area (Å²) in [6, 6.07) is 10.4. The number of nitriles is 1. The van der Waals surface area contributed by atoms with E-state index in [-0.39, 0.29) is 6.10 Å². The molecule has 1 aliphatic heterocycles. The topological polar surface area (TPSA) is 91.4 Å². The molecular formula is C22H25F3N4O3. The van der Waals surface area contributed by atoms with Gasteiger partial charge in [0.05, 0.1) is 30.5 Å². The van der Waals surface area contributed by atoms with Crippen molar-refractivity contribution in [2.24, 2.45) is 7.05 Å². The molecule has 32 heavy (non-hydrogen) atoms. The Labute approximate surface area is 184 Å². The van der Waals surface area contributed by atoms with Crippen molar-refractivity contribution < 1.29 is 27.8 Å². The van der Waals surface area contributed by atoms with Crippen molar-refractivity contribution in [3.63, 3.8) is 0 Å². The van der Waals surface area contributed by atoms with Crippen molar-refractivity contribution in [3.8, 4) is 6.07 Å². The molecule has 2 heterocycles. The van der Waals surface area contributed by atoms with Crippen LogP contribution < -0.4 is 0 Å². The Bertz CT molecular complexity index is 952. The van der Waals surface area contributed by atoms with Gasteiger partial charge in [-0.2, -0.15) is 23.5 Å². The highest BCUT2D eigenvalue weighted by atomic mass is 19.4. The van der Waals surface area contributed by atoms with E-state index in [1.807, 2.05) is 36.1 Å². The molecule has 0 radical (unpaired) electrons. The number of likely N-dealkylation sites (tertiary alicyclic amines) is 1. The predicted octanol–water partition coefficient (Wildman–Crippen LogP) is 3.31. The van der Waals surface area contributed by atoms with Crippen molar-refractivity contribution in [1.29, 1.82) is 5.26 Å². The van der Waals surface area contributed by atoms with E-state index in [0.717, 1.165) is 25.9 Å². The molecule has 10 heteroatoms. The van der Waals surface area contributed by atoms with Gasteiger partial charge in [-0.1, -0.05) is 18.2 Å². The summed E-state index contributed by atoms with van der Waals surface area (Å²) in [5, 5.41) is 20.5. The first-order valence-electron chi connectivity index (χ1n) is 9.87. The van der Waals surface area contributed by atoms with Crippen molar-refractivity contribution in [1.82, 2.24) is 14.7 Å². The molecule has 0 unspecified atom stereocenters. The van der Waals surface area contributed by atoms with Crippen LogP contribution in [-0.2, 0) is 29.5 Å². The van der Waals surface area contributed by atoms with Gasteiger partial charge in [-0.25, -0.2) is 4.79 Å². The molecule has 0 spiro atoms. The number of aryl methyl sites for hydroxylation is 1. The Hall–Kier alpha value is -3.16. The number of carboxylic acid groups (broad SMARTS) is 1. The molecular weight excluding hydrogens is 425 g/mol. The molecule has 7 nitrogen and oxygen atoms in total. The number of alkyl halides is 3. The highest BCUT2D eigenvalue weighted by Gasteiger charge is 2.38. The number of aliphatic carboxylic acids is 1. The summed E-state index contributed by atoms with van der Waals surface area (Å²) in [4.78, 5) is 11.4. The van der Waals surface area contributed by atoms with Crippen LogP contribution in [0.1, 0.15) is 23.1 Å². The third-order valence-electron chi connectivity index (χ3n) is 4.91. The van der Waals surface area contributed by atoms with E-state index in [9.17, 15) is 13.2 Å². The third kappa shape index (κ3) is 7.51. The largest absolute Gasteiger partial charge is 0.490 e. The van der Waals surface area contributed by atoms with Gasteiger partial charge >= 0.3 is 12.1 Å². The van der Waals surface area contributed by atoms with Gasteiger partial charge < -0.3 is 9.84 Å². The average molecular weight is 450 g/mol. The van der Waals surface area contributed by atoms with Crippen LogP contribution in [0.3, 0.4) is 0 Å². The minimum Gasteiger partial charge on any atom is -0.475 e. The molecule has 3 rings (SSSR count). The van der Waals surface area contributed by atoms with Crippen LogP contribution in [0.4, 0.5) is 13.2 Å². The Kier molecular flexibility index (Phi) is 8.99. The zero-order valence-corrected chi connectivity index (χ0v) is 17.6. The highest BCUT2D eigenvalue weighted by Crippen LogP contribution is 2.26. The lowest BCUT2D eigenvalue weighted by atomic mass is 10.0. The SMILES string of the molecule is C=CCO[C@@H]1CCN(Cc2cccc(C#N)c2)[C@H]1Cc1cnn(C)c1.O=C(O)C(F)(F)F. The number of halogens is 3. The highest BCUT2D eigenvalue weighted by molar-refractivity contribution is 5.73. The summed E-state index contributed by atoms with van der Waals surface area (Å²) in [6.07, 6.45) is 2.83. The Balaban J connectivity index is 0.000000451. The fourth-order valence-electron chi connectivity index (χ4n) is 3.52. The first kappa shape index (κ1) is 25.1. The predicted molar refractivity (Wildman–Crippen MR) is 111 cm³/mol. The number of carbonyl (C=O) groups is 1. The first-order chi connectivity index (χ1) is 15.1. The molecule has 0 saturated carbocycles. The van der Waals surface area contributed by atoms with Crippen LogP contribution in [0.2, 0.25) is 0 Å². The van der Waals surface area contributed by atoms with E-state index in [1.54, 1.807) is 6.08 Å². The maximum Gasteiger partial charge on any atom is 0.490 e. The van der Waals surface area contributed by atoms with Gasteiger partial charge in [-0.05, 0) is 36.1 Å². The second kappa shape index (κ2) is 11.5. The summed E-state index contributed by atoms with van der Waals surface area (Å²) in [5.74, 6) is -2.76. The quantitative estimate of drug-likeness (QED) is 0.651. The van der Waals surface area contributed by atoms with Gasteiger partial charge in [-0.15, -0.1) is 6.58 Å². The van der Waals surface area contributed by atoms with Crippen molar-refractivity contribution in [3.05, 3.63) is 66.0 Å². The summed E-state index contributed by atoms with van der Waals surface area (Å²) in [7, 11) is 1.94. The zero-order chi connectivity index (χ0) is 23.7. The minimum atomic E-state index is -5.08. The average Bonchev–Trinajstić information content (AvgIpc) is 3.32.